The number of benzene rings is 4. The van der Waals surface area contributed by atoms with Crippen LogP contribution in [0.15, 0.2) is 97.1 Å². The first-order chi connectivity index (χ1) is 14.3. The van der Waals surface area contributed by atoms with Crippen LogP contribution in [0.4, 0.5) is 0 Å². The third-order valence-corrected chi connectivity index (χ3v) is 5.89. The molecule has 0 amide bonds. The van der Waals surface area contributed by atoms with Crippen molar-refractivity contribution in [3.05, 3.63) is 119 Å². The number of hydrogen-bond donors (Lipinski definition) is 0. The van der Waals surface area contributed by atoms with Gasteiger partial charge in [-0.1, -0.05) is 97.1 Å². The molecule has 4 aromatic rings. The molecule has 0 unspecified atom stereocenters. The highest BCUT2D eigenvalue weighted by atomic mass is 15.1. The van der Waals surface area contributed by atoms with Gasteiger partial charge in [-0.25, -0.2) is 0 Å². The second kappa shape index (κ2) is 7.69. The maximum absolute atomic E-state index is 2.43. The zero-order valence-electron chi connectivity index (χ0n) is 16.8. The van der Waals surface area contributed by atoms with Crippen molar-refractivity contribution < 1.29 is 0 Å². The lowest BCUT2D eigenvalue weighted by atomic mass is 9.98. The number of fused-ring (bicyclic) bond motifs is 3. The molecular weight excluding hydrogens is 350 g/mol. The predicted octanol–water partition coefficient (Wildman–Crippen LogP) is 6.56. The Kier molecular flexibility index (Phi) is 4.75. The Morgan fingerprint density at radius 3 is 2.07 bits per heavy atom. The standard InChI is InChI=1S/C28H25N/c1-29(19-24-13-6-7-16-26(24)21-10-3-2-4-11-21)20-25-15-9-14-23-18-22-12-5-8-17-27(22)28(23)25/h2-17H,18-20H2,1H3. The second-order valence-corrected chi connectivity index (χ2v) is 7.98. The minimum absolute atomic E-state index is 0.927. The van der Waals surface area contributed by atoms with Gasteiger partial charge in [0.05, 0.1) is 0 Å². The number of rotatable bonds is 5. The van der Waals surface area contributed by atoms with Crippen LogP contribution >= 0.6 is 0 Å². The van der Waals surface area contributed by atoms with Gasteiger partial charge in [0.2, 0.25) is 0 Å². The lowest BCUT2D eigenvalue weighted by Crippen LogP contribution is -2.18. The third-order valence-electron chi connectivity index (χ3n) is 5.89. The highest BCUT2D eigenvalue weighted by Crippen LogP contribution is 2.39. The summed E-state index contributed by atoms with van der Waals surface area (Å²) in [5.74, 6) is 0. The van der Waals surface area contributed by atoms with Gasteiger partial charge in [0.1, 0.15) is 0 Å². The van der Waals surface area contributed by atoms with E-state index < -0.39 is 0 Å². The molecule has 0 saturated heterocycles. The van der Waals surface area contributed by atoms with Gasteiger partial charge in [-0.3, -0.25) is 4.90 Å². The molecule has 0 saturated carbocycles. The summed E-state index contributed by atoms with van der Waals surface area (Å²) in [5.41, 5.74) is 11.2. The van der Waals surface area contributed by atoms with E-state index in [-0.39, 0.29) is 0 Å². The molecule has 0 heterocycles. The van der Waals surface area contributed by atoms with E-state index in [1.807, 2.05) is 0 Å². The Morgan fingerprint density at radius 1 is 0.586 bits per heavy atom. The Labute approximate surface area is 173 Å². The van der Waals surface area contributed by atoms with Crippen molar-refractivity contribution >= 4 is 0 Å². The fraction of sp³-hybridized carbons (Fsp3) is 0.143. The van der Waals surface area contributed by atoms with Crippen LogP contribution in [0.1, 0.15) is 22.3 Å². The van der Waals surface area contributed by atoms with Gasteiger partial charge in [-0.05, 0) is 58.0 Å². The fourth-order valence-electron chi connectivity index (χ4n) is 4.60. The molecule has 0 aliphatic heterocycles. The molecule has 0 radical (unpaired) electrons. The highest BCUT2D eigenvalue weighted by Gasteiger charge is 2.21. The lowest BCUT2D eigenvalue weighted by Gasteiger charge is -2.21. The summed E-state index contributed by atoms with van der Waals surface area (Å²) in [6.45, 7) is 1.87. The van der Waals surface area contributed by atoms with Crippen molar-refractivity contribution in [2.24, 2.45) is 0 Å². The van der Waals surface area contributed by atoms with Crippen molar-refractivity contribution in [1.29, 1.82) is 0 Å². The van der Waals surface area contributed by atoms with Crippen molar-refractivity contribution in [3.63, 3.8) is 0 Å². The van der Waals surface area contributed by atoms with Gasteiger partial charge in [0.15, 0.2) is 0 Å². The molecule has 0 bridgehead atoms. The smallest absolute Gasteiger partial charge is 0.0240 e. The van der Waals surface area contributed by atoms with Crippen LogP contribution in [-0.4, -0.2) is 11.9 Å². The Morgan fingerprint density at radius 2 is 1.21 bits per heavy atom. The van der Waals surface area contributed by atoms with Crippen LogP contribution < -0.4 is 0 Å². The van der Waals surface area contributed by atoms with E-state index in [0.717, 1.165) is 19.5 Å². The third kappa shape index (κ3) is 3.50. The molecule has 29 heavy (non-hydrogen) atoms. The average molecular weight is 376 g/mol. The van der Waals surface area contributed by atoms with Crippen LogP contribution in [0.3, 0.4) is 0 Å². The molecule has 0 aromatic heterocycles. The monoisotopic (exact) mass is 375 g/mol. The van der Waals surface area contributed by atoms with Crippen LogP contribution in [0, 0.1) is 0 Å². The predicted molar refractivity (Wildman–Crippen MR) is 122 cm³/mol. The van der Waals surface area contributed by atoms with E-state index in [1.54, 1.807) is 0 Å². The lowest BCUT2D eigenvalue weighted by molar-refractivity contribution is 0.320. The Hall–Kier alpha value is -3.16. The summed E-state index contributed by atoms with van der Waals surface area (Å²) in [6.07, 6.45) is 1.06. The number of nitrogens with zero attached hydrogens (tertiary/aromatic N) is 1. The summed E-state index contributed by atoms with van der Waals surface area (Å²) < 4.78 is 0. The minimum Gasteiger partial charge on any atom is -0.298 e. The van der Waals surface area contributed by atoms with E-state index in [1.165, 1.54) is 44.5 Å². The summed E-state index contributed by atoms with van der Waals surface area (Å²) in [6, 6.07) is 35.1. The largest absolute Gasteiger partial charge is 0.298 e. The molecular formula is C28H25N. The normalized spacial score (nSPS) is 12.1. The van der Waals surface area contributed by atoms with Crippen LogP contribution in [0.2, 0.25) is 0 Å². The molecule has 4 aromatic carbocycles. The molecule has 142 valence electrons. The summed E-state index contributed by atoms with van der Waals surface area (Å²) in [4.78, 5) is 2.43. The molecule has 5 rings (SSSR count). The van der Waals surface area contributed by atoms with Crippen molar-refractivity contribution in [2.75, 3.05) is 7.05 Å². The van der Waals surface area contributed by atoms with Gasteiger partial charge in [-0.15, -0.1) is 0 Å². The Balaban J connectivity index is 1.42. The first-order valence-electron chi connectivity index (χ1n) is 10.3. The second-order valence-electron chi connectivity index (χ2n) is 7.98. The molecule has 0 atom stereocenters. The van der Waals surface area contributed by atoms with E-state index in [9.17, 15) is 0 Å². The molecule has 1 nitrogen and oxygen atoms in total. The SMILES string of the molecule is CN(Cc1ccccc1-c1ccccc1)Cc1cccc2c1-c1ccccc1C2. The summed E-state index contributed by atoms with van der Waals surface area (Å²) in [5, 5.41) is 0. The van der Waals surface area contributed by atoms with Crippen molar-refractivity contribution in [1.82, 2.24) is 4.90 Å². The van der Waals surface area contributed by atoms with Gasteiger partial charge >= 0.3 is 0 Å². The molecule has 1 aliphatic rings. The first kappa shape index (κ1) is 17.9. The molecule has 1 heteroatoms. The van der Waals surface area contributed by atoms with Gasteiger partial charge < -0.3 is 0 Å². The number of hydrogen-bond acceptors (Lipinski definition) is 1. The summed E-state index contributed by atoms with van der Waals surface area (Å²) in [7, 11) is 2.22. The molecule has 1 aliphatic carbocycles. The zero-order valence-corrected chi connectivity index (χ0v) is 16.8. The van der Waals surface area contributed by atoms with E-state index >= 15 is 0 Å². The van der Waals surface area contributed by atoms with Gasteiger partial charge in [0.25, 0.3) is 0 Å². The molecule has 0 fully saturated rings. The Bertz CT molecular complexity index is 1140. The van der Waals surface area contributed by atoms with Gasteiger partial charge in [0, 0.05) is 13.1 Å². The average Bonchev–Trinajstić information content (AvgIpc) is 3.14. The molecule has 0 N–H and O–H groups in total. The van der Waals surface area contributed by atoms with Crippen LogP contribution in [0.5, 0.6) is 0 Å². The van der Waals surface area contributed by atoms with Gasteiger partial charge in [-0.2, -0.15) is 0 Å². The van der Waals surface area contributed by atoms with E-state index in [4.69, 9.17) is 0 Å². The quantitative estimate of drug-likeness (QED) is 0.336. The summed E-state index contributed by atoms with van der Waals surface area (Å²) >= 11 is 0. The first-order valence-corrected chi connectivity index (χ1v) is 10.3. The maximum atomic E-state index is 2.43. The topological polar surface area (TPSA) is 3.24 Å². The highest BCUT2D eigenvalue weighted by molar-refractivity contribution is 5.79. The maximum Gasteiger partial charge on any atom is 0.0240 e. The van der Waals surface area contributed by atoms with E-state index in [2.05, 4.69) is 109 Å². The van der Waals surface area contributed by atoms with E-state index in [0.29, 0.717) is 0 Å². The molecule has 0 spiro atoms. The van der Waals surface area contributed by atoms with Crippen LogP contribution in [0.25, 0.3) is 22.3 Å². The fourth-order valence-corrected chi connectivity index (χ4v) is 4.60. The van der Waals surface area contributed by atoms with Crippen LogP contribution in [-0.2, 0) is 19.5 Å². The van der Waals surface area contributed by atoms with Crippen molar-refractivity contribution in [2.45, 2.75) is 19.5 Å². The van der Waals surface area contributed by atoms with Crippen molar-refractivity contribution in [3.8, 4) is 22.3 Å². The minimum atomic E-state index is 0.927. The zero-order chi connectivity index (χ0) is 19.6.